The van der Waals surface area contributed by atoms with Crippen molar-refractivity contribution in [2.24, 2.45) is 0 Å². The zero-order valence-corrected chi connectivity index (χ0v) is 24.3. The van der Waals surface area contributed by atoms with Gasteiger partial charge in [0.2, 0.25) is 21.8 Å². The van der Waals surface area contributed by atoms with E-state index in [9.17, 15) is 18.0 Å². The van der Waals surface area contributed by atoms with E-state index in [2.05, 4.69) is 5.32 Å². The van der Waals surface area contributed by atoms with E-state index in [4.69, 9.17) is 0 Å². The average Bonchev–Trinajstić information content (AvgIpc) is 3.37. The number of benzene rings is 2. The van der Waals surface area contributed by atoms with Crippen molar-refractivity contribution in [2.45, 2.75) is 91.3 Å². The zero-order chi connectivity index (χ0) is 27.9. The van der Waals surface area contributed by atoms with E-state index in [1.165, 1.54) is 10.6 Å². The van der Waals surface area contributed by atoms with Gasteiger partial charge in [-0.2, -0.15) is 0 Å². The minimum Gasteiger partial charge on any atom is -0.352 e. The van der Waals surface area contributed by atoms with Crippen LogP contribution in [0, 0.1) is 20.8 Å². The molecule has 2 aromatic carbocycles. The summed E-state index contributed by atoms with van der Waals surface area (Å²) in [4.78, 5) is 28.6. The molecule has 0 bridgehead atoms. The number of anilines is 1. The van der Waals surface area contributed by atoms with E-state index in [1.54, 1.807) is 11.0 Å². The molecule has 1 unspecified atom stereocenters. The second-order valence-electron chi connectivity index (χ2n) is 10.6. The van der Waals surface area contributed by atoms with Gasteiger partial charge in [-0.3, -0.25) is 13.9 Å². The molecule has 0 saturated heterocycles. The largest absolute Gasteiger partial charge is 0.352 e. The second kappa shape index (κ2) is 13.3. The lowest BCUT2D eigenvalue weighted by atomic mass is 10.1. The maximum absolute atomic E-state index is 13.6. The fraction of sp³-hybridized carbons (Fsp3) is 0.533. The highest BCUT2D eigenvalue weighted by atomic mass is 32.2. The number of nitrogens with one attached hydrogen (secondary N) is 1. The third kappa shape index (κ3) is 7.82. The fourth-order valence-corrected chi connectivity index (χ4v) is 6.18. The Hall–Kier alpha value is -2.87. The number of carbonyl (C=O) groups is 2. The van der Waals surface area contributed by atoms with E-state index in [1.807, 2.05) is 64.1 Å². The highest BCUT2D eigenvalue weighted by Crippen LogP contribution is 2.26. The first kappa shape index (κ1) is 29.7. The number of rotatable bonds is 12. The Morgan fingerprint density at radius 2 is 1.68 bits per heavy atom. The molecule has 7 nitrogen and oxygen atoms in total. The van der Waals surface area contributed by atoms with E-state index < -0.39 is 16.1 Å². The third-order valence-corrected chi connectivity index (χ3v) is 8.74. The summed E-state index contributed by atoms with van der Waals surface area (Å²) in [5.74, 6) is -0.249. The van der Waals surface area contributed by atoms with Crippen LogP contribution < -0.4 is 9.62 Å². The first-order valence-corrected chi connectivity index (χ1v) is 15.6. The number of aryl methyl sites for hydroxylation is 2. The fourth-order valence-electron chi connectivity index (χ4n) is 5.17. The lowest BCUT2D eigenvalue weighted by Gasteiger charge is -2.32. The maximum atomic E-state index is 13.6. The molecule has 1 saturated carbocycles. The zero-order valence-electron chi connectivity index (χ0n) is 23.5. The summed E-state index contributed by atoms with van der Waals surface area (Å²) in [6.45, 7) is 8.33. The topological polar surface area (TPSA) is 86.8 Å². The quantitative estimate of drug-likeness (QED) is 0.409. The molecule has 0 aromatic heterocycles. The van der Waals surface area contributed by atoms with Gasteiger partial charge in [-0.25, -0.2) is 8.42 Å². The summed E-state index contributed by atoms with van der Waals surface area (Å²) in [6.07, 6.45) is 6.40. The maximum Gasteiger partial charge on any atom is 0.243 e. The van der Waals surface area contributed by atoms with Gasteiger partial charge in [-0.05, 0) is 69.2 Å². The predicted octanol–water partition coefficient (Wildman–Crippen LogP) is 5.02. The first-order valence-electron chi connectivity index (χ1n) is 13.7. The summed E-state index contributed by atoms with van der Waals surface area (Å²) in [5.41, 5.74) is 4.64. The molecule has 1 aliphatic rings. The van der Waals surface area contributed by atoms with Crippen LogP contribution in [0.25, 0.3) is 0 Å². The number of amides is 2. The van der Waals surface area contributed by atoms with Crippen LogP contribution in [0.15, 0.2) is 42.5 Å². The summed E-state index contributed by atoms with van der Waals surface area (Å²) in [5, 5.41) is 3.17. The van der Waals surface area contributed by atoms with Crippen molar-refractivity contribution in [3.05, 3.63) is 64.7 Å². The van der Waals surface area contributed by atoms with Crippen LogP contribution in [-0.4, -0.2) is 50.0 Å². The summed E-state index contributed by atoms with van der Waals surface area (Å²) in [7, 11) is -3.53. The normalized spacial score (nSPS) is 14.8. The molecule has 1 N–H and O–H groups in total. The smallest absolute Gasteiger partial charge is 0.243 e. The van der Waals surface area contributed by atoms with Crippen LogP contribution in [0.2, 0.25) is 0 Å². The Morgan fingerprint density at radius 1 is 1.03 bits per heavy atom. The van der Waals surface area contributed by atoms with Crippen molar-refractivity contribution in [3.8, 4) is 0 Å². The van der Waals surface area contributed by atoms with Crippen molar-refractivity contribution < 1.29 is 18.0 Å². The Bertz CT molecular complexity index is 1200. The monoisotopic (exact) mass is 541 g/mol. The van der Waals surface area contributed by atoms with Crippen molar-refractivity contribution in [1.29, 1.82) is 0 Å². The summed E-state index contributed by atoms with van der Waals surface area (Å²) in [6, 6.07) is 13.2. The number of hydrogen-bond donors (Lipinski definition) is 1. The van der Waals surface area contributed by atoms with E-state index in [0.29, 0.717) is 25.1 Å². The minimum atomic E-state index is -3.53. The Kier molecular flexibility index (Phi) is 10.4. The summed E-state index contributed by atoms with van der Waals surface area (Å²) < 4.78 is 26.7. The minimum absolute atomic E-state index is 0.104. The molecule has 0 heterocycles. The Balaban J connectivity index is 1.77. The van der Waals surface area contributed by atoms with Crippen LogP contribution in [0.5, 0.6) is 0 Å². The predicted molar refractivity (Wildman–Crippen MR) is 154 cm³/mol. The van der Waals surface area contributed by atoms with Gasteiger partial charge in [-0.15, -0.1) is 0 Å². The molecular formula is C30H43N3O4S. The van der Waals surface area contributed by atoms with Crippen molar-refractivity contribution in [3.63, 3.8) is 0 Å². The molecule has 0 aliphatic heterocycles. The SMILES string of the molecule is CCC(C(=O)NC1CCCC1)N(Cc1ccc(C)cc1)C(=O)CCCN(c1cccc(C)c1C)S(C)(=O)=O. The van der Waals surface area contributed by atoms with E-state index >= 15 is 0 Å². The molecule has 0 spiro atoms. The molecule has 3 rings (SSSR count). The van der Waals surface area contributed by atoms with Crippen LogP contribution in [0.4, 0.5) is 5.69 Å². The second-order valence-corrected chi connectivity index (χ2v) is 12.5. The van der Waals surface area contributed by atoms with Gasteiger partial charge in [0.1, 0.15) is 6.04 Å². The van der Waals surface area contributed by atoms with Crippen LogP contribution >= 0.6 is 0 Å². The molecule has 8 heteroatoms. The summed E-state index contributed by atoms with van der Waals surface area (Å²) >= 11 is 0. The van der Waals surface area contributed by atoms with E-state index in [-0.39, 0.29) is 30.8 Å². The molecule has 2 aromatic rings. The molecule has 0 radical (unpaired) electrons. The lowest BCUT2D eigenvalue weighted by Crippen LogP contribution is -2.51. The van der Waals surface area contributed by atoms with Crippen LogP contribution in [-0.2, 0) is 26.2 Å². The van der Waals surface area contributed by atoms with Gasteiger partial charge in [0.25, 0.3) is 0 Å². The number of sulfonamides is 1. The molecule has 1 atom stereocenters. The molecular weight excluding hydrogens is 498 g/mol. The standard InChI is InChI=1S/C30H43N3O4S/c1-6-27(30(35)31-26-12-7-8-13-26)32(21-25-18-16-22(2)17-19-25)29(34)15-10-20-33(38(5,36)37)28-14-9-11-23(3)24(28)4/h9,11,14,16-19,26-27H,6-8,10,12-13,15,20-21H2,1-5H3,(H,31,35). The number of nitrogens with zero attached hydrogens (tertiary/aromatic N) is 2. The molecule has 208 valence electrons. The molecule has 1 fully saturated rings. The molecule has 2 amide bonds. The van der Waals surface area contributed by atoms with Crippen molar-refractivity contribution >= 4 is 27.5 Å². The van der Waals surface area contributed by atoms with Gasteiger partial charge in [0, 0.05) is 25.6 Å². The average molecular weight is 542 g/mol. The van der Waals surface area contributed by atoms with Crippen LogP contribution in [0.1, 0.15) is 74.1 Å². The Labute approximate surface area is 228 Å². The van der Waals surface area contributed by atoms with Gasteiger partial charge in [-0.1, -0.05) is 61.7 Å². The lowest BCUT2D eigenvalue weighted by molar-refractivity contribution is -0.141. The highest BCUT2D eigenvalue weighted by molar-refractivity contribution is 7.92. The van der Waals surface area contributed by atoms with Crippen LogP contribution in [0.3, 0.4) is 0 Å². The van der Waals surface area contributed by atoms with Crippen molar-refractivity contribution in [2.75, 3.05) is 17.1 Å². The Morgan fingerprint density at radius 3 is 2.29 bits per heavy atom. The van der Waals surface area contributed by atoms with Gasteiger partial charge in [0.15, 0.2) is 0 Å². The number of hydrogen-bond acceptors (Lipinski definition) is 4. The molecule has 38 heavy (non-hydrogen) atoms. The van der Waals surface area contributed by atoms with Crippen molar-refractivity contribution in [1.82, 2.24) is 10.2 Å². The van der Waals surface area contributed by atoms with Gasteiger partial charge < -0.3 is 10.2 Å². The van der Waals surface area contributed by atoms with Gasteiger partial charge >= 0.3 is 0 Å². The number of carbonyl (C=O) groups excluding carboxylic acids is 2. The third-order valence-electron chi connectivity index (χ3n) is 7.56. The first-order chi connectivity index (χ1) is 18.0. The molecule has 1 aliphatic carbocycles. The highest BCUT2D eigenvalue weighted by Gasteiger charge is 2.30. The van der Waals surface area contributed by atoms with Gasteiger partial charge in [0.05, 0.1) is 11.9 Å². The van der Waals surface area contributed by atoms with E-state index in [0.717, 1.165) is 47.9 Å².